The third-order valence-electron chi connectivity index (χ3n) is 6.42. The highest BCUT2D eigenvalue weighted by Gasteiger charge is 2.50. The maximum Gasteiger partial charge on any atom is 0.409 e. The lowest BCUT2D eigenvalue weighted by Gasteiger charge is -2.40. The average molecular weight is 407 g/mol. The van der Waals surface area contributed by atoms with Crippen LogP contribution < -0.4 is 5.32 Å². The predicted molar refractivity (Wildman–Crippen MR) is 107 cm³/mol. The fourth-order valence-electron chi connectivity index (χ4n) is 4.91. The number of hydrogen-bond donors (Lipinski definition) is 1. The van der Waals surface area contributed by atoms with E-state index in [1.54, 1.807) is 6.20 Å². The molecule has 152 valence electrons. The molecule has 8 heteroatoms. The Labute approximate surface area is 170 Å². The van der Waals surface area contributed by atoms with Gasteiger partial charge < -0.3 is 15.0 Å². The minimum Gasteiger partial charge on any atom is -0.450 e. The highest BCUT2D eigenvalue weighted by Crippen LogP contribution is 2.48. The number of rotatable bonds is 2. The minimum atomic E-state index is -0.494. The van der Waals surface area contributed by atoms with Gasteiger partial charge in [0.1, 0.15) is 5.82 Å². The number of halogens is 1. The summed E-state index contributed by atoms with van der Waals surface area (Å²) in [7, 11) is 0. The number of pyridine rings is 1. The number of nitrogens with zero attached hydrogens (tertiary/aromatic N) is 3. The zero-order valence-electron chi connectivity index (χ0n) is 16.2. The van der Waals surface area contributed by atoms with Gasteiger partial charge in [0.05, 0.1) is 17.0 Å². The molecule has 0 aromatic carbocycles. The van der Waals surface area contributed by atoms with Crippen molar-refractivity contribution >= 4 is 29.4 Å². The standard InChI is InChI=1S/C20H27ClN4O3/c1-2-28-19(27)25-9-3-8-24(10-11-25)15-4-6-20(7-5-15)16-12-14(21)13-22-17(16)23-18(20)26/h12-13,15H,2-11H2,1H3,(H,22,23,26). The Morgan fingerprint density at radius 2 is 2.11 bits per heavy atom. The van der Waals surface area contributed by atoms with Gasteiger partial charge in [-0.15, -0.1) is 0 Å². The van der Waals surface area contributed by atoms with E-state index in [0.717, 1.165) is 57.3 Å². The van der Waals surface area contributed by atoms with Crippen molar-refractivity contribution in [3.05, 3.63) is 22.8 Å². The van der Waals surface area contributed by atoms with Crippen molar-refractivity contribution in [3.63, 3.8) is 0 Å². The Hall–Kier alpha value is -1.86. The van der Waals surface area contributed by atoms with Gasteiger partial charge in [0.15, 0.2) is 0 Å². The molecule has 2 aliphatic heterocycles. The second-order valence-corrected chi connectivity index (χ2v) is 8.33. The van der Waals surface area contributed by atoms with Crippen LogP contribution in [0, 0.1) is 0 Å². The first kappa shape index (κ1) is 19.5. The first-order chi connectivity index (χ1) is 13.5. The lowest BCUT2D eigenvalue weighted by Crippen LogP contribution is -2.46. The predicted octanol–water partition coefficient (Wildman–Crippen LogP) is 3.03. The van der Waals surface area contributed by atoms with Crippen LogP contribution in [0.3, 0.4) is 0 Å². The summed E-state index contributed by atoms with van der Waals surface area (Å²) >= 11 is 6.15. The van der Waals surface area contributed by atoms with Crippen molar-refractivity contribution in [1.29, 1.82) is 0 Å². The third-order valence-corrected chi connectivity index (χ3v) is 6.62. The van der Waals surface area contributed by atoms with Gasteiger partial charge in [0.2, 0.25) is 5.91 Å². The summed E-state index contributed by atoms with van der Waals surface area (Å²) in [6.07, 6.45) is 5.84. The maximum atomic E-state index is 12.8. The van der Waals surface area contributed by atoms with E-state index in [1.807, 2.05) is 17.9 Å². The molecule has 7 nitrogen and oxygen atoms in total. The fourth-order valence-corrected chi connectivity index (χ4v) is 5.07. The molecule has 4 rings (SSSR count). The Morgan fingerprint density at radius 1 is 1.32 bits per heavy atom. The summed E-state index contributed by atoms with van der Waals surface area (Å²) in [5.41, 5.74) is 0.458. The molecule has 0 atom stereocenters. The maximum absolute atomic E-state index is 12.8. The van der Waals surface area contributed by atoms with Crippen LogP contribution >= 0.6 is 11.6 Å². The van der Waals surface area contributed by atoms with Gasteiger partial charge in [-0.1, -0.05) is 11.6 Å². The Bertz CT molecular complexity index is 764. The molecule has 0 unspecified atom stereocenters. The SMILES string of the molecule is CCOC(=O)N1CCCN(C2CCC3(CC2)C(=O)Nc2ncc(Cl)cc23)CC1. The molecule has 1 aromatic rings. The normalized spacial score (nSPS) is 28.0. The number of fused-ring (bicyclic) bond motifs is 2. The van der Waals surface area contributed by atoms with Gasteiger partial charge in [0.25, 0.3) is 0 Å². The first-order valence-electron chi connectivity index (χ1n) is 10.2. The summed E-state index contributed by atoms with van der Waals surface area (Å²) in [5, 5.41) is 3.51. The molecular formula is C20H27ClN4O3. The molecular weight excluding hydrogens is 380 g/mol. The average Bonchev–Trinajstić information content (AvgIpc) is 2.86. The number of carbonyl (C=O) groups is 2. The van der Waals surface area contributed by atoms with Gasteiger partial charge in [-0.3, -0.25) is 9.69 Å². The number of aromatic nitrogens is 1. The third kappa shape index (κ3) is 3.46. The van der Waals surface area contributed by atoms with E-state index in [4.69, 9.17) is 16.3 Å². The highest BCUT2D eigenvalue weighted by atomic mass is 35.5. The van der Waals surface area contributed by atoms with E-state index >= 15 is 0 Å². The smallest absolute Gasteiger partial charge is 0.409 e. The van der Waals surface area contributed by atoms with Crippen LogP contribution in [0.15, 0.2) is 12.3 Å². The molecule has 1 N–H and O–H groups in total. The van der Waals surface area contributed by atoms with Crippen molar-refractivity contribution in [2.75, 3.05) is 38.1 Å². The quantitative estimate of drug-likeness (QED) is 0.817. The van der Waals surface area contributed by atoms with Crippen molar-refractivity contribution in [2.45, 2.75) is 50.5 Å². The van der Waals surface area contributed by atoms with E-state index in [1.165, 1.54) is 0 Å². The van der Waals surface area contributed by atoms with Gasteiger partial charge >= 0.3 is 6.09 Å². The second kappa shape index (κ2) is 7.87. The van der Waals surface area contributed by atoms with Gasteiger partial charge in [-0.25, -0.2) is 9.78 Å². The van der Waals surface area contributed by atoms with Crippen LogP contribution in [0.1, 0.15) is 44.6 Å². The molecule has 3 heterocycles. The van der Waals surface area contributed by atoms with Crippen molar-refractivity contribution < 1.29 is 14.3 Å². The number of hydrogen-bond acceptors (Lipinski definition) is 5. The van der Waals surface area contributed by atoms with Crippen molar-refractivity contribution in [3.8, 4) is 0 Å². The van der Waals surface area contributed by atoms with E-state index in [-0.39, 0.29) is 12.0 Å². The van der Waals surface area contributed by atoms with E-state index in [0.29, 0.717) is 30.0 Å². The molecule has 1 saturated heterocycles. The summed E-state index contributed by atoms with van der Waals surface area (Å²) in [6, 6.07) is 2.34. The Morgan fingerprint density at radius 3 is 2.86 bits per heavy atom. The zero-order valence-corrected chi connectivity index (χ0v) is 17.0. The van der Waals surface area contributed by atoms with Crippen LogP contribution in [0.5, 0.6) is 0 Å². The molecule has 0 bridgehead atoms. The molecule has 2 fully saturated rings. The Kier molecular flexibility index (Phi) is 5.47. The minimum absolute atomic E-state index is 0.0556. The molecule has 1 saturated carbocycles. The number of nitrogens with one attached hydrogen (secondary N) is 1. The first-order valence-corrected chi connectivity index (χ1v) is 10.5. The second-order valence-electron chi connectivity index (χ2n) is 7.89. The summed E-state index contributed by atoms with van der Waals surface area (Å²) < 4.78 is 5.14. The molecule has 1 aliphatic carbocycles. The molecule has 28 heavy (non-hydrogen) atoms. The van der Waals surface area contributed by atoms with Gasteiger partial charge in [0, 0.05) is 44.0 Å². The van der Waals surface area contributed by atoms with Gasteiger partial charge in [-0.2, -0.15) is 0 Å². The fraction of sp³-hybridized carbons (Fsp3) is 0.650. The van der Waals surface area contributed by atoms with E-state index < -0.39 is 5.41 Å². The van der Waals surface area contributed by atoms with Crippen LogP contribution in [0.4, 0.5) is 10.6 Å². The van der Waals surface area contributed by atoms with Crippen LogP contribution in [0.25, 0.3) is 0 Å². The largest absolute Gasteiger partial charge is 0.450 e. The van der Waals surface area contributed by atoms with E-state index in [9.17, 15) is 9.59 Å². The summed E-state index contributed by atoms with van der Waals surface area (Å²) in [4.78, 5) is 33.4. The summed E-state index contributed by atoms with van der Waals surface area (Å²) in [5.74, 6) is 0.716. The number of amides is 2. The molecule has 1 aromatic heterocycles. The van der Waals surface area contributed by atoms with Crippen LogP contribution in [-0.2, 0) is 14.9 Å². The number of anilines is 1. The molecule has 2 amide bonds. The number of ether oxygens (including phenoxy) is 1. The van der Waals surface area contributed by atoms with E-state index in [2.05, 4.69) is 15.2 Å². The molecule has 1 spiro atoms. The van der Waals surface area contributed by atoms with Crippen LogP contribution in [-0.4, -0.2) is 65.6 Å². The topological polar surface area (TPSA) is 74.8 Å². The van der Waals surface area contributed by atoms with Gasteiger partial charge in [-0.05, 0) is 45.1 Å². The van der Waals surface area contributed by atoms with Crippen molar-refractivity contribution in [1.82, 2.24) is 14.8 Å². The lowest BCUT2D eigenvalue weighted by atomic mass is 9.69. The van der Waals surface area contributed by atoms with Crippen LogP contribution in [0.2, 0.25) is 5.02 Å². The zero-order chi connectivity index (χ0) is 19.7. The monoisotopic (exact) mass is 406 g/mol. The molecule has 3 aliphatic rings. The highest BCUT2D eigenvalue weighted by molar-refractivity contribution is 6.30. The lowest BCUT2D eigenvalue weighted by molar-refractivity contribution is -0.122. The number of carbonyl (C=O) groups excluding carboxylic acids is 2. The summed E-state index contributed by atoms with van der Waals surface area (Å²) in [6.45, 7) is 5.51. The van der Waals surface area contributed by atoms with Crippen molar-refractivity contribution in [2.24, 2.45) is 0 Å². The Balaban J connectivity index is 1.41. The molecule has 0 radical (unpaired) electrons.